The average Bonchev–Trinajstić information content (AvgIpc) is 2.43. The lowest BCUT2D eigenvalue weighted by Gasteiger charge is -2.04. The molecule has 0 atom stereocenters. The summed E-state index contributed by atoms with van der Waals surface area (Å²) in [6.45, 7) is 3.68. The first-order valence-electron chi connectivity index (χ1n) is 5.53. The number of nitrogens with one attached hydrogen (secondary N) is 2. The van der Waals surface area contributed by atoms with E-state index in [1.807, 2.05) is 0 Å². The molecule has 0 aliphatic heterocycles. The zero-order valence-corrected chi connectivity index (χ0v) is 11.3. The van der Waals surface area contributed by atoms with Crippen molar-refractivity contribution in [3.8, 4) is 0 Å². The summed E-state index contributed by atoms with van der Waals surface area (Å²) < 4.78 is 0. The number of aromatic carboxylic acids is 1. The summed E-state index contributed by atoms with van der Waals surface area (Å²) in [5, 5.41) is 13.7. The molecule has 20 heavy (non-hydrogen) atoms. The van der Waals surface area contributed by atoms with E-state index in [1.165, 1.54) is 24.4 Å². The van der Waals surface area contributed by atoms with E-state index in [4.69, 9.17) is 5.11 Å². The van der Waals surface area contributed by atoms with Gasteiger partial charge in [-0.05, 0) is 12.1 Å². The lowest BCUT2D eigenvalue weighted by molar-refractivity contribution is -0.117. The average molecular weight is 295 g/mol. The van der Waals surface area contributed by atoms with Gasteiger partial charge in [-0.3, -0.25) is 10.1 Å². The van der Waals surface area contributed by atoms with Crippen molar-refractivity contribution in [2.75, 3.05) is 12.3 Å². The zero-order valence-electron chi connectivity index (χ0n) is 10.5. The van der Waals surface area contributed by atoms with Crippen LogP contribution in [0.5, 0.6) is 0 Å². The number of nitrogens with zero attached hydrogens (tertiary/aromatic N) is 1. The Labute approximate surface area is 119 Å². The minimum atomic E-state index is -1.07. The van der Waals surface area contributed by atoms with Gasteiger partial charge in [0.2, 0.25) is 5.91 Å². The zero-order chi connectivity index (χ0) is 15.0. The van der Waals surface area contributed by atoms with Crippen LogP contribution >= 0.6 is 11.8 Å². The quantitative estimate of drug-likeness (QED) is 0.531. The third kappa shape index (κ3) is 5.53. The Hall–Kier alpha value is -2.35. The second-order valence-electron chi connectivity index (χ2n) is 3.52. The summed E-state index contributed by atoms with van der Waals surface area (Å²) in [5.74, 6) is -1.61. The summed E-state index contributed by atoms with van der Waals surface area (Å²) in [4.78, 5) is 37.3. The molecule has 0 bridgehead atoms. The Morgan fingerprint density at radius 2 is 2.20 bits per heavy atom. The number of thioether (sulfide) groups is 1. The highest BCUT2D eigenvalue weighted by atomic mass is 32.2. The summed E-state index contributed by atoms with van der Waals surface area (Å²) in [5.41, 5.74) is 0.0895. The fourth-order valence-corrected chi connectivity index (χ4v) is 1.83. The second kappa shape index (κ2) is 7.95. The normalized spacial score (nSPS) is 9.60. The number of carbonyl (C=O) groups excluding carboxylic acids is 2. The molecule has 0 aliphatic carbocycles. The van der Waals surface area contributed by atoms with E-state index in [0.717, 1.165) is 11.8 Å². The second-order valence-corrected chi connectivity index (χ2v) is 4.52. The molecule has 0 radical (unpaired) electrons. The number of hydrogen-bond acceptors (Lipinski definition) is 5. The van der Waals surface area contributed by atoms with Gasteiger partial charge in [-0.25, -0.2) is 14.6 Å². The molecular weight excluding hydrogens is 282 g/mol. The van der Waals surface area contributed by atoms with Crippen LogP contribution in [0.3, 0.4) is 0 Å². The number of pyridine rings is 1. The molecule has 0 fully saturated rings. The maximum absolute atomic E-state index is 11.4. The Morgan fingerprint density at radius 3 is 2.85 bits per heavy atom. The molecule has 1 aromatic rings. The lowest BCUT2D eigenvalue weighted by Crippen LogP contribution is -2.40. The monoisotopic (exact) mass is 295 g/mol. The van der Waals surface area contributed by atoms with Gasteiger partial charge in [0.25, 0.3) is 0 Å². The molecule has 8 heteroatoms. The van der Waals surface area contributed by atoms with Crippen molar-refractivity contribution >= 4 is 29.7 Å². The molecule has 0 saturated carbocycles. The van der Waals surface area contributed by atoms with Crippen LogP contribution < -0.4 is 10.6 Å². The molecule has 0 unspecified atom stereocenters. The highest BCUT2D eigenvalue weighted by Gasteiger charge is 2.09. The van der Waals surface area contributed by atoms with Crippen molar-refractivity contribution < 1.29 is 19.5 Å². The van der Waals surface area contributed by atoms with Crippen molar-refractivity contribution in [1.82, 2.24) is 15.6 Å². The van der Waals surface area contributed by atoms with Gasteiger partial charge in [0.1, 0.15) is 0 Å². The highest BCUT2D eigenvalue weighted by molar-refractivity contribution is 7.99. The molecule has 1 rings (SSSR count). The van der Waals surface area contributed by atoms with Gasteiger partial charge >= 0.3 is 12.0 Å². The first kappa shape index (κ1) is 15.7. The van der Waals surface area contributed by atoms with E-state index in [9.17, 15) is 14.4 Å². The minimum absolute atomic E-state index is 0.0441. The summed E-state index contributed by atoms with van der Waals surface area (Å²) in [6.07, 6.45) is 2.83. The van der Waals surface area contributed by atoms with Crippen LogP contribution in [-0.2, 0) is 4.79 Å². The standard InChI is InChI=1S/C12H13N3O4S/c1-2-4-14-12(19)15-9(16)7-20-10-6-8(11(17)18)3-5-13-10/h2-3,5-6H,1,4,7H2,(H,17,18)(H2,14,15,16,19). The van der Waals surface area contributed by atoms with Crippen molar-refractivity contribution in [1.29, 1.82) is 0 Å². The number of rotatable bonds is 6. The molecular formula is C12H13N3O4S. The Bertz CT molecular complexity index is 533. The highest BCUT2D eigenvalue weighted by Crippen LogP contribution is 2.15. The summed E-state index contributed by atoms with van der Waals surface area (Å²) >= 11 is 1.04. The van der Waals surface area contributed by atoms with E-state index in [-0.39, 0.29) is 17.9 Å². The number of carbonyl (C=O) groups is 3. The predicted molar refractivity (Wildman–Crippen MR) is 73.7 cm³/mol. The maximum atomic E-state index is 11.4. The molecule has 0 spiro atoms. The van der Waals surface area contributed by atoms with Crippen LogP contribution in [0, 0.1) is 0 Å². The third-order valence-corrected chi connectivity index (χ3v) is 2.92. The lowest BCUT2D eigenvalue weighted by atomic mass is 10.3. The molecule has 0 aromatic carbocycles. The van der Waals surface area contributed by atoms with E-state index in [1.54, 1.807) is 0 Å². The van der Waals surface area contributed by atoms with Crippen molar-refractivity contribution in [3.05, 3.63) is 36.5 Å². The number of imide groups is 1. The molecule has 7 nitrogen and oxygen atoms in total. The topological polar surface area (TPSA) is 108 Å². The number of hydrogen-bond donors (Lipinski definition) is 3. The van der Waals surface area contributed by atoms with Crippen molar-refractivity contribution in [2.45, 2.75) is 5.03 Å². The molecule has 0 saturated heterocycles. The van der Waals surface area contributed by atoms with Gasteiger partial charge in [-0.1, -0.05) is 17.8 Å². The van der Waals surface area contributed by atoms with Crippen LogP contribution in [0.25, 0.3) is 0 Å². The third-order valence-electron chi connectivity index (χ3n) is 1.99. The summed E-state index contributed by atoms with van der Waals surface area (Å²) in [7, 11) is 0. The van der Waals surface area contributed by atoms with Crippen molar-refractivity contribution in [3.63, 3.8) is 0 Å². The number of carboxylic acids is 1. The first-order valence-corrected chi connectivity index (χ1v) is 6.52. The van der Waals surface area contributed by atoms with Gasteiger partial charge in [-0.15, -0.1) is 6.58 Å². The minimum Gasteiger partial charge on any atom is -0.478 e. The fraction of sp³-hybridized carbons (Fsp3) is 0.167. The van der Waals surface area contributed by atoms with Crippen LogP contribution in [0.4, 0.5) is 4.79 Å². The largest absolute Gasteiger partial charge is 0.478 e. The SMILES string of the molecule is C=CCNC(=O)NC(=O)CSc1cc(C(=O)O)ccn1. The van der Waals surface area contributed by atoms with E-state index < -0.39 is 17.9 Å². The van der Waals surface area contributed by atoms with Crippen LogP contribution in [-0.4, -0.2) is 40.3 Å². The molecule has 0 aliphatic rings. The fourth-order valence-electron chi connectivity index (χ4n) is 1.13. The number of aromatic nitrogens is 1. The van der Waals surface area contributed by atoms with Gasteiger partial charge < -0.3 is 10.4 Å². The smallest absolute Gasteiger partial charge is 0.335 e. The number of urea groups is 1. The van der Waals surface area contributed by atoms with E-state index >= 15 is 0 Å². The van der Waals surface area contributed by atoms with E-state index in [2.05, 4.69) is 22.2 Å². The van der Waals surface area contributed by atoms with Gasteiger partial charge in [-0.2, -0.15) is 0 Å². The molecule has 3 N–H and O–H groups in total. The van der Waals surface area contributed by atoms with Gasteiger partial charge in [0, 0.05) is 12.7 Å². The Kier molecular flexibility index (Phi) is 6.24. The Morgan fingerprint density at radius 1 is 1.45 bits per heavy atom. The molecule has 1 aromatic heterocycles. The number of amides is 3. The van der Waals surface area contributed by atoms with Gasteiger partial charge in [0.15, 0.2) is 0 Å². The predicted octanol–water partition coefficient (Wildman–Crippen LogP) is 0.884. The molecule has 1 heterocycles. The van der Waals surface area contributed by atoms with Crippen LogP contribution in [0.2, 0.25) is 0 Å². The van der Waals surface area contributed by atoms with Crippen LogP contribution in [0.15, 0.2) is 36.0 Å². The molecule has 3 amide bonds. The van der Waals surface area contributed by atoms with Crippen molar-refractivity contribution in [2.24, 2.45) is 0 Å². The maximum Gasteiger partial charge on any atom is 0.335 e. The first-order chi connectivity index (χ1) is 9.52. The van der Waals surface area contributed by atoms with Gasteiger partial charge in [0.05, 0.1) is 16.3 Å². The summed E-state index contributed by atoms with van der Waals surface area (Å²) in [6, 6.07) is 2.11. The number of carboxylic acid groups (broad SMARTS) is 1. The Balaban J connectivity index is 2.44. The van der Waals surface area contributed by atoms with E-state index in [0.29, 0.717) is 5.03 Å². The molecule has 106 valence electrons. The van der Waals surface area contributed by atoms with Crippen LogP contribution in [0.1, 0.15) is 10.4 Å².